The number of amides is 1. The summed E-state index contributed by atoms with van der Waals surface area (Å²) in [7, 11) is 0. The molecule has 0 unspecified atom stereocenters. The van der Waals surface area contributed by atoms with Crippen molar-refractivity contribution in [2.75, 3.05) is 5.73 Å². The Bertz CT molecular complexity index is 641. The lowest BCUT2D eigenvalue weighted by atomic mass is 10.1. The molecule has 0 saturated carbocycles. The third-order valence-electron chi connectivity index (χ3n) is 2.68. The number of para-hydroxylation sites is 1. The number of nitrogens with two attached hydrogens (primary N) is 2. The third-order valence-corrected chi connectivity index (χ3v) is 2.68. The molecular weight excluding hydrogens is 247 g/mol. The van der Waals surface area contributed by atoms with E-state index in [1.165, 1.54) is 6.07 Å². The maximum atomic E-state index is 13.8. The number of halogens is 1. The summed E-state index contributed by atoms with van der Waals surface area (Å²) in [5.74, 6) is -0.961. The Morgan fingerprint density at radius 1 is 1.21 bits per heavy atom. The number of rotatable bonds is 3. The Balaban J connectivity index is 2.43. The number of hydrogen-bond acceptors (Lipinski definition) is 3. The molecule has 2 aromatic rings. The fourth-order valence-corrected chi connectivity index (χ4v) is 1.65. The SMILES string of the molecule is Cc1ccccc1Oc1cc(C(N)=O)c(N)cc1F. The normalized spacial score (nSPS) is 10.2. The van der Waals surface area contributed by atoms with E-state index in [2.05, 4.69) is 0 Å². The summed E-state index contributed by atoms with van der Waals surface area (Å²) in [4.78, 5) is 11.2. The molecule has 98 valence electrons. The largest absolute Gasteiger partial charge is 0.454 e. The first-order chi connectivity index (χ1) is 8.99. The van der Waals surface area contributed by atoms with Crippen LogP contribution in [0.15, 0.2) is 36.4 Å². The van der Waals surface area contributed by atoms with Gasteiger partial charge in [-0.3, -0.25) is 4.79 Å². The highest BCUT2D eigenvalue weighted by atomic mass is 19.1. The van der Waals surface area contributed by atoms with Gasteiger partial charge in [-0.15, -0.1) is 0 Å². The van der Waals surface area contributed by atoms with Crippen molar-refractivity contribution in [3.8, 4) is 11.5 Å². The smallest absolute Gasteiger partial charge is 0.250 e. The van der Waals surface area contributed by atoms with Gasteiger partial charge >= 0.3 is 0 Å². The molecule has 0 aliphatic rings. The van der Waals surface area contributed by atoms with E-state index in [1.54, 1.807) is 12.1 Å². The molecule has 0 spiro atoms. The van der Waals surface area contributed by atoms with Crippen LogP contribution >= 0.6 is 0 Å². The second-order valence-corrected chi connectivity index (χ2v) is 4.10. The first kappa shape index (κ1) is 12.9. The molecule has 0 heterocycles. The fraction of sp³-hybridized carbons (Fsp3) is 0.0714. The van der Waals surface area contributed by atoms with E-state index in [9.17, 15) is 9.18 Å². The van der Waals surface area contributed by atoms with Crippen LogP contribution in [0, 0.1) is 12.7 Å². The Labute approximate surface area is 109 Å². The molecule has 4 nitrogen and oxygen atoms in total. The van der Waals surface area contributed by atoms with Crippen LogP contribution in [0.25, 0.3) is 0 Å². The number of primary amides is 1. The minimum absolute atomic E-state index is 0.0119. The van der Waals surface area contributed by atoms with Crippen LogP contribution in [0.2, 0.25) is 0 Å². The van der Waals surface area contributed by atoms with Crippen LogP contribution in [-0.2, 0) is 0 Å². The highest BCUT2D eigenvalue weighted by molar-refractivity contribution is 5.98. The number of aryl methyl sites for hydroxylation is 1. The Morgan fingerprint density at radius 3 is 2.53 bits per heavy atom. The third kappa shape index (κ3) is 2.65. The first-order valence-electron chi connectivity index (χ1n) is 5.61. The van der Waals surface area contributed by atoms with Crippen LogP contribution in [0.5, 0.6) is 11.5 Å². The highest BCUT2D eigenvalue weighted by Crippen LogP contribution is 2.30. The van der Waals surface area contributed by atoms with Crippen molar-refractivity contribution >= 4 is 11.6 Å². The summed E-state index contributed by atoms with van der Waals surface area (Å²) in [6.07, 6.45) is 0. The summed E-state index contributed by atoms with van der Waals surface area (Å²) in [5.41, 5.74) is 11.5. The number of anilines is 1. The van der Waals surface area contributed by atoms with Crippen LogP contribution < -0.4 is 16.2 Å². The number of nitrogen functional groups attached to an aromatic ring is 1. The molecule has 0 aliphatic carbocycles. The molecule has 0 saturated heterocycles. The lowest BCUT2D eigenvalue weighted by Gasteiger charge is -2.11. The maximum Gasteiger partial charge on any atom is 0.250 e. The van der Waals surface area contributed by atoms with Crippen molar-refractivity contribution in [1.82, 2.24) is 0 Å². The molecule has 2 rings (SSSR count). The van der Waals surface area contributed by atoms with Crippen LogP contribution in [0.1, 0.15) is 15.9 Å². The Morgan fingerprint density at radius 2 is 1.89 bits per heavy atom. The summed E-state index contributed by atoms with van der Waals surface area (Å²) in [5, 5.41) is 0. The molecule has 0 aromatic heterocycles. The lowest BCUT2D eigenvalue weighted by Crippen LogP contribution is -2.14. The molecule has 0 fully saturated rings. The minimum atomic E-state index is -0.730. The predicted molar refractivity (Wildman–Crippen MR) is 70.6 cm³/mol. The molecule has 0 atom stereocenters. The van der Waals surface area contributed by atoms with E-state index in [-0.39, 0.29) is 17.0 Å². The van der Waals surface area contributed by atoms with E-state index in [1.807, 2.05) is 19.1 Å². The maximum absolute atomic E-state index is 13.8. The molecule has 0 bridgehead atoms. The number of carbonyl (C=O) groups excluding carboxylic acids is 1. The summed E-state index contributed by atoms with van der Waals surface area (Å²) >= 11 is 0. The highest BCUT2D eigenvalue weighted by Gasteiger charge is 2.14. The lowest BCUT2D eigenvalue weighted by molar-refractivity contribution is 0.100. The Kier molecular flexibility index (Phi) is 3.37. The molecule has 4 N–H and O–H groups in total. The van der Waals surface area contributed by atoms with Gasteiger partial charge in [-0.25, -0.2) is 4.39 Å². The van der Waals surface area contributed by atoms with Gasteiger partial charge in [0.1, 0.15) is 5.75 Å². The molecule has 1 amide bonds. The molecule has 2 aromatic carbocycles. The average molecular weight is 260 g/mol. The molecular formula is C14H13FN2O2. The zero-order chi connectivity index (χ0) is 14.0. The first-order valence-corrected chi connectivity index (χ1v) is 5.61. The predicted octanol–water partition coefficient (Wildman–Crippen LogP) is 2.61. The van der Waals surface area contributed by atoms with Gasteiger partial charge in [0.2, 0.25) is 0 Å². The molecule has 0 aliphatic heterocycles. The summed E-state index contributed by atoms with van der Waals surface area (Å²) < 4.78 is 19.2. The monoisotopic (exact) mass is 260 g/mol. The standard InChI is InChI=1S/C14H13FN2O2/c1-8-4-2-3-5-12(8)19-13-6-9(14(17)18)11(16)7-10(13)15/h2-7H,16H2,1H3,(H2,17,18). The van der Waals surface area contributed by atoms with E-state index in [4.69, 9.17) is 16.2 Å². The van der Waals surface area contributed by atoms with Crippen molar-refractivity contribution in [2.24, 2.45) is 5.73 Å². The molecule has 19 heavy (non-hydrogen) atoms. The van der Waals surface area contributed by atoms with Crippen LogP contribution in [-0.4, -0.2) is 5.91 Å². The van der Waals surface area contributed by atoms with E-state index >= 15 is 0 Å². The summed E-state index contributed by atoms with van der Waals surface area (Å²) in [6.45, 7) is 1.83. The van der Waals surface area contributed by atoms with E-state index < -0.39 is 11.7 Å². The van der Waals surface area contributed by atoms with Crippen molar-refractivity contribution in [3.05, 3.63) is 53.3 Å². The number of ether oxygens (including phenoxy) is 1. The van der Waals surface area contributed by atoms with Gasteiger partial charge < -0.3 is 16.2 Å². The van der Waals surface area contributed by atoms with Gasteiger partial charge in [0, 0.05) is 11.8 Å². The quantitative estimate of drug-likeness (QED) is 0.832. The summed E-state index contributed by atoms with van der Waals surface area (Å²) in [6, 6.07) is 9.38. The zero-order valence-electron chi connectivity index (χ0n) is 10.3. The van der Waals surface area contributed by atoms with Gasteiger partial charge in [0.25, 0.3) is 5.91 Å². The van der Waals surface area contributed by atoms with E-state index in [0.717, 1.165) is 11.6 Å². The Hall–Kier alpha value is -2.56. The van der Waals surface area contributed by atoms with E-state index in [0.29, 0.717) is 5.75 Å². The van der Waals surface area contributed by atoms with Crippen molar-refractivity contribution in [3.63, 3.8) is 0 Å². The average Bonchev–Trinajstić information content (AvgIpc) is 2.34. The second-order valence-electron chi connectivity index (χ2n) is 4.10. The number of benzene rings is 2. The minimum Gasteiger partial charge on any atom is -0.454 e. The van der Waals surface area contributed by atoms with Crippen LogP contribution in [0.4, 0.5) is 10.1 Å². The fourth-order valence-electron chi connectivity index (χ4n) is 1.65. The van der Waals surface area contributed by atoms with Crippen molar-refractivity contribution in [2.45, 2.75) is 6.92 Å². The zero-order valence-corrected chi connectivity index (χ0v) is 10.3. The number of hydrogen-bond donors (Lipinski definition) is 2. The van der Waals surface area contributed by atoms with Gasteiger partial charge in [-0.1, -0.05) is 18.2 Å². The topological polar surface area (TPSA) is 78.3 Å². The molecule has 5 heteroatoms. The molecule has 0 radical (unpaired) electrons. The van der Waals surface area contributed by atoms with Gasteiger partial charge in [0.05, 0.1) is 5.56 Å². The van der Waals surface area contributed by atoms with Crippen LogP contribution in [0.3, 0.4) is 0 Å². The van der Waals surface area contributed by atoms with Gasteiger partial charge in [-0.05, 0) is 24.6 Å². The van der Waals surface area contributed by atoms with Gasteiger partial charge in [-0.2, -0.15) is 0 Å². The van der Waals surface area contributed by atoms with Crippen molar-refractivity contribution < 1.29 is 13.9 Å². The van der Waals surface area contributed by atoms with Crippen molar-refractivity contribution in [1.29, 1.82) is 0 Å². The number of carbonyl (C=O) groups is 1. The van der Waals surface area contributed by atoms with Gasteiger partial charge in [0.15, 0.2) is 11.6 Å². The second kappa shape index (κ2) is 4.97.